The van der Waals surface area contributed by atoms with Crippen LogP contribution in [0.4, 0.5) is 4.39 Å². The Bertz CT molecular complexity index is 703. The summed E-state index contributed by atoms with van der Waals surface area (Å²) in [4.78, 5) is 6.80. The maximum Gasteiger partial charge on any atom is 0.159 e. The summed E-state index contributed by atoms with van der Waals surface area (Å²) in [6.45, 7) is 2.06. The second kappa shape index (κ2) is 8.20. The van der Waals surface area contributed by atoms with Crippen LogP contribution in [-0.2, 0) is 13.1 Å². The summed E-state index contributed by atoms with van der Waals surface area (Å²) in [5.74, 6) is 1.73. The lowest BCUT2D eigenvalue weighted by Gasteiger charge is -2.28. The Balaban J connectivity index is 1.81. The van der Waals surface area contributed by atoms with Crippen LogP contribution < -0.4 is 4.74 Å². The van der Waals surface area contributed by atoms with Gasteiger partial charge in [0.25, 0.3) is 0 Å². The summed E-state index contributed by atoms with van der Waals surface area (Å²) in [6.07, 6.45) is 1.10. The highest BCUT2D eigenvalue weighted by Crippen LogP contribution is 2.22. The van der Waals surface area contributed by atoms with Crippen molar-refractivity contribution in [2.75, 3.05) is 19.4 Å². The first-order valence-electron chi connectivity index (χ1n) is 8.05. The molecule has 1 aliphatic heterocycles. The first-order valence-corrected chi connectivity index (χ1v) is 9.03. The quantitative estimate of drug-likeness (QED) is 0.807. The van der Waals surface area contributed by atoms with E-state index in [1.54, 1.807) is 24.9 Å². The van der Waals surface area contributed by atoms with Gasteiger partial charge in [-0.25, -0.2) is 4.39 Å². The normalized spacial score (nSPS) is 14.2. The molecule has 0 fully saturated rings. The Morgan fingerprint density at radius 3 is 2.58 bits per heavy atom. The first-order chi connectivity index (χ1) is 11.8. The Morgan fingerprint density at radius 2 is 1.92 bits per heavy atom. The van der Waals surface area contributed by atoms with Crippen LogP contribution in [0.5, 0.6) is 5.75 Å². The number of amidine groups is 1. The SMILES string of the molecule is COc1ccc(CN(Cc2ccccc2F)C2=NCCCS2)cc1. The molecule has 0 radical (unpaired) electrons. The van der Waals surface area contributed by atoms with Gasteiger partial charge in [0, 0.05) is 31.0 Å². The van der Waals surface area contributed by atoms with E-state index < -0.39 is 0 Å². The molecular formula is C19H21FN2OS. The third kappa shape index (κ3) is 4.29. The first kappa shape index (κ1) is 16.8. The molecule has 126 valence electrons. The van der Waals surface area contributed by atoms with Gasteiger partial charge in [0.15, 0.2) is 5.17 Å². The molecule has 0 bridgehead atoms. The van der Waals surface area contributed by atoms with E-state index in [1.165, 1.54) is 6.07 Å². The van der Waals surface area contributed by atoms with Crippen LogP contribution >= 0.6 is 11.8 Å². The third-order valence-electron chi connectivity index (χ3n) is 3.90. The van der Waals surface area contributed by atoms with Gasteiger partial charge in [0.05, 0.1) is 7.11 Å². The number of hydrogen-bond donors (Lipinski definition) is 0. The van der Waals surface area contributed by atoms with Gasteiger partial charge >= 0.3 is 0 Å². The molecule has 2 aromatic rings. The summed E-state index contributed by atoms with van der Waals surface area (Å²) < 4.78 is 19.3. The van der Waals surface area contributed by atoms with Crippen molar-refractivity contribution in [1.29, 1.82) is 0 Å². The van der Waals surface area contributed by atoms with Crippen LogP contribution in [0.15, 0.2) is 53.5 Å². The minimum Gasteiger partial charge on any atom is -0.497 e. The zero-order valence-corrected chi connectivity index (χ0v) is 14.6. The molecule has 0 N–H and O–H groups in total. The molecule has 3 rings (SSSR count). The molecule has 0 aromatic heterocycles. The predicted octanol–water partition coefficient (Wildman–Crippen LogP) is 4.33. The van der Waals surface area contributed by atoms with E-state index in [1.807, 2.05) is 36.4 Å². The largest absolute Gasteiger partial charge is 0.497 e. The molecule has 1 aliphatic rings. The minimum atomic E-state index is -0.168. The summed E-state index contributed by atoms with van der Waals surface area (Å²) in [6, 6.07) is 14.9. The molecule has 5 heteroatoms. The zero-order chi connectivity index (χ0) is 16.8. The Hall–Kier alpha value is -2.01. The van der Waals surface area contributed by atoms with Gasteiger partial charge in [0.2, 0.25) is 0 Å². The van der Waals surface area contributed by atoms with E-state index in [9.17, 15) is 4.39 Å². The fraction of sp³-hybridized carbons (Fsp3) is 0.316. The van der Waals surface area contributed by atoms with E-state index in [0.29, 0.717) is 18.7 Å². The van der Waals surface area contributed by atoms with Crippen molar-refractivity contribution in [3.05, 3.63) is 65.5 Å². The van der Waals surface area contributed by atoms with Gasteiger partial charge < -0.3 is 9.64 Å². The van der Waals surface area contributed by atoms with E-state index >= 15 is 0 Å². The van der Waals surface area contributed by atoms with Crippen LogP contribution in [0.1, 0.15) is 17.5 Å². The van der Waals surface area contributed by atoms with E-state index in [-0.39, 0.29) is 5.82 Å². The number of benzene rings is 2. The Kier molecular flexibility index (Phi) is 5.75. The summed E-state index contributed by atoms with van der Waals surface area (Å²) in [5, 5.41) is 1.00. The maximum atomic E-state index is 14.1. The van der Waals surface area contributed by atoms with Crippen molar-refractivity contribution in [2.45, 2.75) is 19.5 Å². The van der Waals surface area contributed by atoms with Crippen LogP contribution in [0.2, 0.25) is 0 Å². The number of hydrogen-bond acceptors (Lipinski definition) is 4. The van der Waals surface area contributed by atoms with Gasteiger partial charge in [-0.3, -0.25) is 4.99 Å². The van der Waals surface area contributed by atoms with Crippen LogP contribution in [-0.4, -0.2) is 29.5 Å². The fourth-order valence-corrected chi connectivity index (χ4v) is 3.56. The second-order valence-corrected chi connectivity index (χ2v) is 6.72. The Labute approximate surface area is 146 Å². The second-order valence-electron chi connectivity index (χ2n) is 5.66. The van der Waals surface area contributed by atoms with E-state index in [4.69, 9.17) is 4.74 Å². The lowest BCUT2D eigenvalue weighted by Crippen LogP contribution is -2.30. The topological polar surface area (TPSA) is 24.8 Å². The molecule has 2 aromatic carbocycles. The molecule has 0 amide bonds. The van der Waals surface area contributed by atoms with Crippen LogP contribution in [0, 0.1) is 5.82 Å². The van der Waals surface area contributed by atoms with Crippen molar-refractivity contribution >= 4 is 16.9 Å². The molecule has 24 heavy (non-hydrogen) atoms. The molecule has 0 aliphatic carbocycles. The smallest absolute Gasteiger partial charge is 0.159 e. The van der Waals surface area contributed by atoms with Gasteiger partial charge in [-0.2, -0.15) is 0 Å². The molecule has 0 saturated heterocycles. The number of aliphatic imine (C=N–C) groups is 1. The molecule has 0 unspecified atom stereocenters. The summed E-state index contributed by atoms with van der Waals surface area (Å²) >= 11 is 1.75. The number of rotatable bonds is 5. The highest BCUT2D eigenvalue weighted by molar-refractivity contribution is 8.13. The molecule has 1 heterocycles. The minimum absolute atomic E-state index is 0.168. The number of methoxy groups -OCH3 is 1. The number of thioether (sulfide) groups is 1. The van der Waals surface area contributed by atoms with Gasteiger partial charge in [-0.1, -0.05) is 42.1 Å². The molecule has 0 saturated carbocycles. The molecule has 0 atom stereocenters. The Morgan fingerprint density at radius 1 is 1.12 bits per heavy atom. The monoisotopic (exact) mass is 344 g/mol. The van der Waals surface area contributed by atoms with Crippen molar-refractivity contribution in [2.24, 2.45) is 4.99 Å². The number of ether oxygens (including phenoxy) is 1. The van der Waals surface area contributed by atoms with Crippen LogP contribution in [0.25, 0.3) is 0 Å². The average Bonchev–Trinajstić information content (AvgIpc) is 2.64. The van der Waals surface area contributed by atoms with E-state index in [0.717, 1.165) is 35.2 Å². The fourth-order valence-electron chi connectivity index (χ4n) is 2.61. The zero-order valence-electron chi connectivity index (χ0n) is 13.7. The number of halogens is 1. The van der Waals surface area contributed by atoms with Crippen LogP contribution in [0.3, 0.4) is 0 Å². The van der Waals surface area contributed by atoms with Crippen molar-refractivity contribution < 1.29 is 9.13 Å². The third-order valence-corrected chi connectivity index (χ3v) is 5.04. The van der Waals surface area contributed by atoms with Crippen molar-refractivity contribution in [3.8, 4) is 5.75 Å². The van der Waals surface area contributed by atoms with Gasteiger partial charge in [-0.15, -0.1) is 0 Å². The molecule has 3 nitrogen and oxygen atoms in total. The highest BCUT2D eigenvalue weighted by atomic mass is 32.2. The maximum absolute atomic E-state index is 14.1. The van der Waals surface area contributed by atoms with Gasteiger partial charge in [-0.05, 0) is 30.2 Å². The lowest BCUT2D eigenvalue weighted by molar-refractivity contribution is 0.400. The predicted molar refractivity (Wildman–Crippen MR) is 98.0 cm³/mol. The van der Waals surface area contributed by atoms with E-state index in [2.05, 4.69) is 9.89 Å². The standard InChI is InChI=1S/C19H21FN2OS/c1-23-17-9-7-15(8-10-17)13-22(19-21-11-4-12-24-19)14-16-5-2-3-6-18(16)20/h2-3,5-10H,4,11-14H2,1H3. The van der Waals surface area contributed by atoms with Crippen molar-refractivity contribution in [3.63, 3.8) is 0 Å². The number of nitrogens with zero attached hydrogens (tertiary/aromatic N) is 2. The molecule has 0 spiro atoms. The average molecular weight is 344 g/mol. The summed E-state index contributed by atoms with van der Waals surface area (Å²) in [7, 11) is 1.66. The van der Waals surface area contributed by atoms with Gasteiger partial charge in [0.1, 0.15) is 11.6 Å². The lowest BCUT2D eigenvalue weighted by atomic mass is 10.1. The summed E-state index contributed by atoms with van der Waals surface area (Å²) in [5.41, 5.74) is 1.85. The highest BCUT2D eigenvalue weighted by Gasteiger charge is 2.17. The molecular weight excluding hydrogens is 323 g/mol. The van der Waals surface area contributed by atoms with Crippen molar-refractivity contribution in [1.82, 2.24) is 4.90 Å².